The third-order valence-corrected chi connectivity index (χ3v) is 6.32. The SMILES string of the molecule is CC(C)(CC(C[Si](C)(Cl)Cl)c1ccccc1)c1ccccc1. The Hall–Kier alpha value is -0.763. The van der Waals surface area contributed by atoms with Crippen LogP contribution in [-0.4, -0.2) is 6.69 Å². The van der Waals surface area contributed by atoms with Gasteiger partial charge in [-0.3, -0.25) is 0 Å². The maximum absolute atomic E-state index is 6.46. The highest BCUT2D eigenvalue weighted by Crippen LogP contribution is 2.40. The Kier molecular flexibility index (Phi) is 5.76. The van der Waals surface area contributed by atoms with Crippen LogP contribution in [0.15, 0.2) is 60.7 Å². The van der Waals surface area contributed by atoms with Crippen LogP contribution in [0.3, 0.4) is 0 Å². The smallest absolute Gasteiger partial charge is 0.146 e. The van der Waals surface area contributed by atoms with E-state index in [1.54, 1.807) is 0 Å². The van der Waals surface area contributed by atoms with Crippen molar-refractivity contribution >= 4 is 28.9 Å². The van der Waals surface area contributed by atoms with Crippen molar-refractivity contribution in [3.8, 4) is 0 Å². The lowest BCUT2D eigenvalue weighted by molar-refractivity contribution is 0.437. The van der Waals surface area contributed by atoms with E-state index in [9.17, 15) is 0 Å². The minimum Gasteiger partial charge on any atom is -0.146 e. The van der Waals surface area contributed by atoms with E-state index < -0.39 is 6.69 Å². The lowest BCUT2D eigenvalue weighted by atomic mass is 9.76. The van der Waals surface area contributed by atoms with E-state index in [-0.39, 0.29) is 5.41 Å². The molecule has 22 heavy (non-hydrogen) atoms. The number of hydrogen-bond acceptors (Lipinski definition) is 0. The van der Waals surface area contributed by atoms with Crippen molar-refractivity contribution in [2.24, 2.45) is 0 Å². The van der Waals surface area contributed by atoms with Crippen LogP contribution in [0.5, 0.6) is 0 Å². The second-order valence-corrected chi connectivity index (χ2v) is 15.0. The summed E-state index contributed by atoms with van der Waals surface area (Å²) >= 11 is 12.9. The molecule has 0 aliphatic carbocycles. The Morgan fingerprint density at radius 2 is 1.41 bits per heavy atom. The summed E-state index contributed by atoms with van der Waals surface area (Å²) in [6.07, 6.45) is 1.04. The first-order valence-electron chi connectivity index (χ1n) is 7.76. The van der Waals surface area contributed by atoms with Crippen molar-refractivity contribution in [2.75, 3.05) is 0 Å². The fourth-order valence-corrected chi connectivity index (χ4v) is 5.45. The standard InChI is InChI=1S/C19H24Cl2Si/c1-19(2,18-12-8-5-9-13-18)14-17(15-22(3,20)21)16-10-6-4-7-11-16/h4-13,17H,14-15H2,1-3H3. The molecule has 0 fully saturated rings. The molecule has 0 heterocycles. The normalized spacial score (nSPS) is 13.9. The van der Waals surface area contributed by atoms with Gasteiger partial charge in [-0.25, -0.2) is 0 Å². The summed E-state index contributed by atoms with van der Waals surface area (Å²) in [5.41, 5.74) is 2.80. The van der Waals surface area contributed by atoms with Gasteiger partial charge in [0.1, 0.15) is 0 Å². The van der Waals surface area contributed by atoms with Gasteiger partial charge in [0.25, 0.3) is 0 Å². The zero-order valence-electron chi connectivity index (χ0n) is 13.5. The summed E-state index contributed by atoms with van der Waals surface area (Å²) in [6.45, 7) is 4.47. The molecule has 0 aromatic heterocycles. The molecule has 118 valence electrons. The monoisotopic (exact) mass is 350 g/mol. The predicted octanol–water partition coefficient (Wildman–Crippen LogP) is 6.69. The molecule has 2 rings (SSSR count). The molecule has 1 atom stereocenters. The lowest BCUT2D eigenvalue weighted by Crippen LogP contribution is -2.25. The van der Waals surface area contributed by atoms with Crippen molar-refractivity contribution in [2.45, 2.75) is 44.2 Å². The highest BCUT2D eigenvalue weighted by atomic mass is 35.7. The first-order chi connectivity index (χ1) is 10.3. The molecule has 0 N–H and O–H groups in total. The molecule has 2 aromatic carbocycles. The first kappa shape index (κ1) is 17.6. The van der Waals surface area contributed by atoms with Gasteiger partial charge >= 0.3 is 0 Å². The average Bonchev–Trinajstić information content (AvgIpc) is 2.47. The summed E-state index contributed by atoms with van der Waals surface area (Å²) in [4.78, 5) is 0. The van der Waals surface area contributed by atoms with Gasteiger partial charge in [0.15, 0.2) is 0 Å². The van der Waals surface area contributed by atoms with Gasteiger partial charge < -0.3 is 0 Å². The molecule has 0 aliphatic heterocycles. The number of hydrogen-bond donors (Lipinski definition) is 0. The topological polar surface area (TPSA) is 0 Å². The largest absolute Gasteiger partial charge is 0.249 e. The Morgan fingerprint density at radius 3 is 1.91 bits per heavy atom. The third kappa shape index (κ3) is 5.15. The van der Waals surface area contributed by atoms with Crippen molar-refractivity contribution in [1.82, 2.24) is 0 Å². The number of halogens is 2. The number of benzene rings is 2. The summed E-state index contributed by atoms with van der Waals surface area (Å²) in [5, 5.41) is 0. The molecular formula is C19H24Cl2Si. The zero-order chi connectivity index (χ0) is 16.2. The maximum atomic E-state index is 6.46. The van der Waals surface area contributed by atoms with Crippen LogP contribution in [0.1, 0.15) is 37.3 Å². The van der Waals surface area contributed by atoms with Crippen molar-refractivity contribution < 1.29 is 0 Å². The second-order valence-electron chi connectivity index (χ2n) is 6.84. The van der Waals surface area contributed by atoms with E-state index >= 15 is 0 Å². The fraction of sp³-hybridized carbons (Fsp3) is 0.368. The summed E-state index contributed by atoms with van der Waals surface area (Å²) in [5.74, 6) is 0.392. The maximum Gasteiger partial charge on any atom is 0.249 e. The summed E-state index contributed by atoms with van der Waals surface area (Å²) in [7, 11) is 0. The Balaban J connectivity index is 2.26. The van der Waals surface area contributed by atoms with Crippen LogP contribution in [-0.2, 0) is 5.41 Å². The highest BCUT2D eigenvalue weighted by Gasteiger charge is 2.32. The molecule has 0 saturated heterocycles. The van der Waals surface area contributed by atoms with Crippen molar-refractivity contribution in [3.63, 3.8) is 0 Å². The molecule has 0 bridgehead atoms. The lowest BCUT2D eigenvalue weighted by Gasteiger charge is -2.32. The summed E-state index contributed by atoms with van der Waals surface area (Å²) < 4.78 is 0. The van der Waals surface area contributed by atoms with Gasteiger partial charge in [-0.1, -0.05) is 74.5 Å². The average molecular weight is 351 g/mol. The van der Waals surface area contributed by atoms with Crippen molar-refractivity contribution in [1.29, 1.82) is 0 Å². The molecule has 0 spiro atoms. The van der Waals surface area contributed by atoms with E-state index in [4.69, 9.17) is 22.2 Å². The minimum absolute atomic E-state index is 0.0925. The van der Waals surface area contributed by atoms with Crippen LogP contribution in [0.25, 0.3) is 0 Å². The predicted molar refractivity (Wildman–Crippen MR) is 101 cm³/mol. The van der Waals surface area contributed by atoms with Gasteiger partial charge in [0.2, 0.25) is 6.69 Å². The molecule has 0 aliphatic rings. The Morgan fingerprint density at radius 1 is 0.909 bits per heavy atom. The quantitative estimate of drug-likeness (QED) is 0.402. The van der Waals surface area contributed by atoms with E-state index in [2.05, 4.69) is 74.5 Å². The van der Waals surface area contributed by atoms with Gasteiger partial charge in [-0.15, -0.1) is 22.2 Å². The molecule has 0 nitrogen and oxygen atoms in total. The minimum atomic E-state index is -2.16. The van der Waals surface area contributed by atoms with Crippen LogP contribution >= 0.6 is 22.2 Å². The molecule has 0 saturated carbocycles. The molecule has 3 heteroatoms. The van der Waals surface area contributed by atoms with Crippen LogP contribution < -0.4 is 0 Å². The molecule has 1 unspecified atom stereocenters. The van der Waals surface area contributed by atoms with Crippen LogP contribution in [0, 0.1) is 0 Å². The third-order valence-electron chi connectivity index (χ3n) is 4.19. The van der Waals surface area contributed by atoms with Crippen LogP contribution in [0.2, 0.25) is 12.6 Å². The van der Waals surface area contributed by atoms with E-state index in [0.29, 0.717) is 5.92 Å². The van der Waals surface area contributed by atoms with Gasteiger partial charge in [0, 0.05) is 0 Å². The van der Waals surface area contributed by atoms with Gasteiger partial charge in [-0.2, -0.15) is 0 Å². The van der Waals surface area contributed by atoms with Gasteiger partial charge in [-0.05, 0) is 41.5 Å². The second kappa shape index (κ2) is 7.21. The number of rotatable bonds is 6. The molecule has 0 amide bonds. The molecule has 2 aromatic rings. The van der Waals surface area contributed by atoms with Crippen molar-refractivity contribution in [3.05, 3.63) is 71.8 Å². The molecular weight excluding hydrogens is 327 g/mol. The Labute approximate surface area is 144 Å². The fourth-order valence-electron chi connectivity index (χ4n) is 3.09. The first-order valence-corrected chi connectivity index (χ1v) is 12.5. The highest BCUT2D eigenvalue weighted by molar-refractivity contribution is 7.44. The van der Waals surface area contributed by atoms with E-state index in [1.165, 1.54) is 11.1 Å². The van der Waals surface area contributed by atoms with Gasteiger partial charge in [0.05, 0.1) is 0 Å². The Bertz CT molecular complexity index is 573. The van der Waals surface area contributed by atoms with E-state index in [0.717, 1.165) is 12.5 Å². The van der Waals surface area contributed by atoms with E-state index in [1.807, 2.05) is 6.55 Å². The summed E-state index contributed by atoms with van der Waals surface area (Å²) in [6, 6.07) is 22.2. The van der Waals surface area contributed by atoms with Crippen LogP contribution in [0.4, 0.5) is 0 Å². The molecule has 0 radical (unpaired) electrons. The zero-order valence-corrected chi connectivity index (χ0v) is 16.0.